The van der Waals surface area contributed by atoms with Crippen LogP contribution in [0.3, 0.4) is 0 Å². The summed E-state index contributed by atoms with van der Waals surface area (Å²) < 4.78 is 0. The number of carbonyl (C=O) groups is 2. The molecule has 1 saturated carbocycles. The van der Waals surface area contributed by atoms with Crippen molar-refractivity contribution in [3.63, 3.8) is 0 Å². The van der Waals surface area contributed by atoms with Gasteiger partial charge in [0.2, 0.25) is 0 Å². The van der Waals surface area contributed by atoms with E-state index in [1.165, 1.54) is 0 Å². The number of carbonyl (C=O) groups excluding carboxylic acids is 2. The van der Waals surface area contributed by atoms with E-state index < -0.39 is 11.8 Å². The number of nitriles is 1. The zero-order valence-corrected chi connectivity index (χ0v) is 9.67. The summed E-state index contributed by atoms with van der Waals surface area (Å²) in [6, 6.07) is 1.83. The zero-order chi connectivity index (χ0) is 12.2. The van der Waals surface area contributed by atoms with Gasteiger partial charge in [0.15, 0.2) is 0 Å². The quantitative estimate of drug-likeness (QED) is 0.522. The molecular weight excluding hydrogens is 206 g/mol. The first-order valence-corrected chi connectivity index (χ1v) is 5.40. The largest absolute Gasteiger partial charge is 0.345 e. The van der Waals surface area contributed by atoms with Crippen molar-refractivity contribution in [2.75, 3.05) is 6.54 Å². The fraction of sp³-hybridized carbons (Fsp3) is 0.727. The summed E-state index contributed by atoms with van der Waals surface area (Å²) in [5.74, 6) is -1.37. The lowest BCUT2D eigenvalue weighted by Crippen LogP contribution is -2.44. The van der Waals surface area contributed by atoms with Crippen LogP contribution < -0.4 is 10.6 Å². The maximum Gasteiger partial charge on any atom is 0.310 e. The van der Waals surface area contributed by atoms with Gasteiger partial charge in [-0.3, -0.25) is 9.59 Å². The topological polar surface area (TPSA) is 82.0 Å². The highest BCUT2D eigenvalue weighted by Gasteiger charge is 2.32. The first kappa shape index (κ1) is 12.5. The highest BCUT2D eigenvalue weighted by atomic mass is 16.2. The summed E-state index contributed by atoms with van der Waals surface area (Å²) >= 11 is 0. The lowest BCUT2D eigenvalue weighted by atomic mass is 9.92. The highest BCUT2D eigenvalue weighted by Crippen LogP contribution is 2.36. The van der Waals surface area contributed by atoms with Crippen molar-refractivity contribution in [2.45, 2.75) is 39.2 Å². The van der Waals surface area contributed by atoms with E-state index in [2.05, 4.69) is 24.5 Å². The minimum Gasteiger partial charge on any atom is -0.345 e. The molecule has 5 nitrogen and oxygen atoms in total. The van der Waals surface area contributed by atoms with Crippen molar-refractivity contribution in [1.29, 1.82) is 5.26 Å². The normalized spacial score (nSPS) is 22.2. The van der Waals surface area contributed by atoms with E-state index >= 15 is 0 Å². The molecule has 2 amide bonds. The molecule has 0 bridgehead atoms. The fourth-order valence-corrected chi connectivity index (χ4v) is 2.01. The average molecular weight is 223 g/mol. The molecule has 1 aliphatic carbocycles. The summed E-state index contributed by atoms with van der Waals surface area (Å²) in [6.45, 7) is 4.16. The Hall–Kier alpha value is -1.57. The zero-order valence-electron chi connectivity index (χ0n) is 9.67. The van der Waals surface area contributed by atoms with Crippen LogP contribution in [0, 0.1) is 16.7 Å². The Morgan fingerprint density at radius 3 is 2.62 bits per heavy atom. The second kappa shape index (κ2) is 4.97. The van der Waals surface area contributed by atoms with Crippen molar-refractivity contribution in [3.8, 4) is 6.07 Å². The van der Waals surface area contributed by atoms with Gasteiger partial charge in [0.1, 0.15) is 6.54 Å². The third-order valence-electron chi connectivity index (χ3n) is 2.84. The van der Waals surface area contributed by atoms with Crippen LogP contribution in [0.5, 0.6) is 0 Å². The fourth-order valence-electron chi connectivity index (χ4n) is 2.01. The monoisotopic (exact) mass is 223 g/mol. The molecule has 0 saturated heterocycles. The number of nitrogens with one attached hydrogen (secondary N) is 2. The van der Waals surface area contributed by atoms with Crippen molar-refractivity contribution >= 4 is 11.8 Å². The predicted octanol–water partition coefficient (Wildman–Crippen LogP) is 0.321. The number of hydrogen-bond donors (Lipinski definition) is 2. The molecule has 5 heteroatoms. The molecule has 88 valence electrons. The van der Waals surface area contributed by atoms with Crippen LogP contribution in [-0.2, 0) is 9.59 Å². The van der Waals surface area contributed by atoms with E-state index in [4.69, 9.17) is 5.26 Å². The Kier molecular flexibility index (Phi) is 3.88. The molecule has 1 fully saturated rings. The highest BCUT2D eigenvalue weighted by molar-refractivity contribution is 6.35. The van der Waals surface area contributed by atoms with Gasteiger partial charge in [-0.05, 0) is 24.7 Å². The Labute approximate surface area is 95.2 Å². The van der Waals surface area contributed by atoms with E-state index in [0.717, 1.165) is 19.3 Å². The van der Waals surface area contributed by atoms with Gasteiger partial charge in [-0.25, -0.2) is 0 Å². The average Bonchev–Trinajstić information content (AvgIpc) is 2.54. The molecule has 0 aromatic heterocycles. The van der Waals surface area contributed by atoms with Crippen LogP contribution >= 0.6 is 0 Å². The van der Waals surface area contributed by atoms with Crippen molar-refractivity contribution in [3.05, 3.63) is 0 Å². The molecule has 16 heavy (non-hydrogen) atoms. The SMILES string of the molecule is CC1(C)CCC(NC(=O)C(=O)NCC#N)C1. The summed E-state index contributed by atoms with van der Waals surface area (Å²) in [5, 5.41) is 13.2. The van der Waals surface area contributed by atoms with Gasteiger partial charge in [0, 0.05) is 6.04 Å². The summed E-state index contributed by atoms with van der Waals surface area (Å²) in [6.07, 6.45) is 2.85. The molecule has 1 unspecified atom stereocenters. The van der Waals surface area contributed by atoms with Crippen LogP contribution in [0.25, 0.3) is 0 Å². The minimum absolute atomic E-state index is 0.0790. The molecule has 0 heterocycles. The summed E-state index contributed by atoms with van der Waals surface area (Å²) in [4.78, 5) is 22.6. The molecule has 0 aromatic rings. The predicted molar refractivity (Wildman–Crippen MR) is 58.2 cm³/mol. The Morgan fingerprint density at radius 1 is 1.44 bits per heavy atom. The Morgan fingerprint density at radius 2 is 2.12 bits per heavy atom. The number of hydrogen-bond acceptors (Lipinski definition) is 3. The third-order valence-corrected chi connectivity index (χ3v) is 2.84. The van der Waals surface area contributed by atoms with Gasteiger partial charge < -0.3 is 10.6 Å². The van der Waals surface area contributed by atoms with E-state index in [9.17, 15) is 9.59 Å². The Bertz CT molecular complexity index is 331. The summed E-state index contributed by atoms with van der Waals surface area (Å²) in [5.41, 5.74) is 0.237. The summed E-state index contributed by atoms with van der Waals surface area (Å²) in [7, 11) is 0. The smallest absolute Gasteiger partial charge is 0.310 e. The van der Waals surface area contributed by atoms with Gasteiger partial charge in [-0.1, -0.05) is 13.8 Å². The first-order chi connectivity index (χ1) is 7.44. The van der Waals surface area contributed by atoms with Gasteiger partial charge in [-0.15, -0.1) is 0 Å². The second-order valence-corrected chi connectivity index (χ2v) is 4.92. The van der Waals surface area contributed by atoms with Crippen LogP contribution in [0.4, 0.5) is 0 Å². The van der Waals surface area contributed by atoms with E-state index in [1.54, 1.807) is 6.07 Å². The molecule has 1 rings (SSSR count). The molecule has 0 radical (unpaired) electrons. The second-order valence-electron chi connectivity index (χ2n) is 4.92. The number of amides is 2. The molecule has 1 aliphatic rings. The van der Waals surface area contributed by atoms with E-state index in [0.29, 0.717) is 0 Å². The van der Waals surface area contributed by atoms with Crippen LogP contribution in [0.15, 0.2) is 0 Å². The maximum absolute atomic E-state index is 11.4. The van der Waals surface area contributed by atoms with Crippen molar-refractivity contribution in [1.82, 2.24) is 10.6 Å². The lowest BCUT2D eigenvalue weighted by molar-refractivity contribution is -0.139. The molecule has 0 spiro atoms. The minimum atomic E-state index is -0.730. The first-order valence-electron chi connectivity index (χ1n) is 5.40. The van der Waals surface area contributed by atoms with Crippen molar-refractivity contribution < 1.29 is 9.59 Å². The van der Waals surface area contributed by atoms with Crippen LogP contribution in [0.1, 0.15) is 33.1 Å². The van der Waals surface area contributed by atoms with Crippen LogP contribution in [0.2, 0.25) is 0 Å². The standard InChI is InChI=1S/C11H17N3O2/c1-11(2)4-3-8(7-11)14-10(16)9(15)13-6-5-12/h8H,3-4,6-7H2,1-2H3,(H,13,15)(H,14,16). The van der Waals surface area contributed by atoms with Gasteiger partial charge in [0.25, 0.3) is 0 Å². The Balaban J connectivity index is 2.36. The van der Waals surface area contributed by atoms with Crippen molar-refractivity contribution in [2.24, 2.45) is 5.41 Å². The van der Waals surface area contributed by atoms with Gasteiger partial charge in [-0.2, -0.15) is 5.26 Å². The third kappa shape index (κ3) is 3.54. The van der Waals surface area contributed by atoms with Gasteiger partial charge >= 0.3 is 11.8 Å². The van der Waals surface area contributed by atoms with E-state index in [-0.39, 0.29) is 18.0 Å². The van der Waals surface area contributed by atoms with Crippen LogP contribution in [-0.4, -0.2) is 24.4 Å². The molecule has 2 N–H and O–H groups in total. The molecule has 1 atom stereocenters. The number of nitrogens with zero attached hydrogens (tertiary/aromatic N) is 1. The maximum atomic E-state index is 11.4. The molecule has 0 aliphatic heterocycles. The lowest BCUT2D eigenvalue weighted by Gasteiger charge is -2.17. The molecular formula is C11H17N3O2. The van der Waals surface area contributed by atoms with Gasteiger partial charge in [0.05, 0.1) is 6.07 Å². The molecule has 0 aromatic carbocycles. The van der Waals surface area contributed by atoms with E-state index in [1.807, 2.05) is 0 Å². The number of rotatable bonds is 2.